The summed E-state index contributed by atoms with van der Waals surface area (Å²) in [6.45, 7) is 2.73. The van der Waals surface area contributed by atoms with Crippen molar-refractivity contribution in [1.82, 2.24) is 15.2 Å². The van der Waals surface area contributed by atoms with Crippen molar-refractivity contribution in [1.29, 1.82) is 0 Å². The normalized spacial score (nSPS) is 12.0. The zero-order chi connectivity index (χ0) is 14.4. The Bertz CT molecular complexity index is 487. The number of aromatic nitrogens is 2. The average Bonchev–Trinajstić information content (AvgIpc) is 2.42. The number of nitrogens with one attached hydrogen (secondary N) is 1. The second-order valence-corrected chi connectivity index (χ2v) is 4.10. The fourth-order valence-corrected chi connectivity index (χ4v) is 1.50. The lowest BCUT2D eigenvalue weighted by Crippen LogP contribution is -2.40. The molecule has 1 unspecified atom stereocenters. The van der Waals surface area contributed by atoms with Crippen molar-refractivity contribution >= 4 is 11.6 Å². The number of amides is 1. The molecule has 1 rings (SSSR count). The maximum Gasteiger partial charge on any atom is 0.269 e. The summed E-state index contributed by atoms with van der Waals surface area (Å²) in [6, 6.07) is 0.666. The molecule has 0 radical (unpaired) electrons. The highest BCUT2D eigenvalue weighted by atomic mass is 16.5. The van der Waals surface area contributed by atoms with Gasteiger partial charge in [-0.15, -0.1) is 0 Å². The minimum Gasteiger partial charge on any atom is -0.383 e. The summed E-state index contributed by atoms with van der Waals surface area (Å²) >= 11 is 0. The Labute approximate surface area is 111 Å². The minimum absolute atomic E-state index is 0.363. The molecule has 0 spiro atoms. The predicted molar refractivity (Wildman–Crippen MR) is 70.7 cm³/mol. The van der Waals surface area contributed by atoms with E-state index < -0.39 is 11.9 Å². The molecule has 19 heavy (non-hydrogen) atoms. The smallest absolute Gasteiger partial charge is 0.269 e. The van der Waals surface area contributed by atoms with Crippen LogP contribution in [0.15, 0.2) is 17.1 Å². The summed E-state index contributed by atoms with van der Waals surface area (Å²) in [7, 11) is 3.44. The largest absolute Gasteiger partial charge is 0.383 e. The van der Waals surface area contributed by atoms with Crippen LogP contribution >= 0.6 is 0 Å². The van der Waals surface area contributed by atoms with Gasteiger partial charge in [-0.1, -0.05) is 0 Å². The van der Waals surface area contributed by atoms with Gasteiger partial charge in [0.1, 0.15) is 6.04 Å². The Kier molecular flexibility index (Phi) is 5.46. The second-order valence-electron chi connectivity index (χ2n) is 4.10. The van der Waals surface area contributed by atoms with Crippen LogP contribution < -0.4 is 21.7 Å². The van der Waals surface area contributed by atoms with E-state index in [-0.39, 0.29) is 5.56 Å². The van der Waals surface area contributed by atoms with Gasteiger partial charge < -0.3 is 9.64 Å². The van der Waals surface area contributed by atoms with Crippen LogP contribution in [0, 0.1) is 0 Å². The number of carbonyl (C=O) groups is 1. The third-order valence-corrected chi connectivity index (χ3v) is 2.77. The molecule has 0 aliphatic heterocycles. The van der Waals surface area contributed by atoms with E-state index in [1.807, 2.05) is 17.4 Å². The molecular formula is C11H19N5O3. The van der Waals surface area contributed by atoms with Crippen molar-refractivity contribution < 1.29 is 9.53 Å². The SMILES string of the molecule is COCCN(C)c1cnn(C(C)C(=O)NN)c(=O)c1. The maximum atomic E-state index is 11.9. The van der Waals surface area contributed by atoms with Gasteiger partial charge in [0.2, 0.25) is 0 Å². The lowest BCUT2D eigenvalue weighted by molar-refractivity contribution is -0.124. The van der Waals surface area contributed by atoms with Crippen LogP contribution in [0.25, 0.3) is 0 Å². The molecule has 0 bridgehead atoms. The summed E-state index contributed by atoms with van der Waals surface area (Å²) in [5, 5.41) is 3.98. The highest BCUT2D eigenvalue weighted by Crippen LogP contribution is 2.08. The molecule has 1 aromatic heterocycles. The Morgan fingerprint density at radius 1 is 1.68 bits per heavy atom. The van der Waals surface area contributed by atoms with E-state index in [1.54, 1.807) is 14.0 Å². The molecule has 0 fully saturated rings. The van der Waals surface area contributed by atoms with Crippen molar-refractivity contribution in [2.24, 2.45) is 5.84 Å². The van der Waals surface area contributed by atoms with Crippen molar-refractivity contribution in [3.8, 4) is 0 Å². The van der Waals surface area contributed by atoms with Gasteiger partial charge >= 0.3 is 0 Å². The number of hydrogen-bond donors (Lipinski definition) is 2. The Morgan fingerprint density at radius 2 is 2.37 bits per heavy atom. The molecule has 1 atom stereocenters. The first kappa shape index (κ1) is 15.1. The molecule has 8 heteroatoms. The van der Waals surface area contributed by atoms with Gasteiger partial charge in [0.25, 0.3) is 11.5 Å². The monoisotopic (exact) mass is 269 g/mol. The highest BCUT2D eigenvalue weighted by molar-refractivity contribution is 5.79. The van der Waals surface area contributed by atoms with E-state index in [0.717, 1.165) is 4.68 Å². The molecule has 1 aromatic rings. The summed E-state index contributed by atoms with van der Waals surface area (Å²) in [6.07, 6.45) is 1.53. The lowest BCUT2D eigenvalue weighted by Gasteiger charge is -2.19. The van der Waals surface area contributed by atoms with E-state index in [1.165, 1.54) is 12.3 Å². The van der Waals surface area contributed by atoms with Crippen LogP contribution in [0.2, 0.25) is 0 Å². The number of hydrogen-bond acceptors (Lipinski definition) is 6. The average molecular weight is 269 g/mol. The van der Waals surface area contributed by atoms with E-state index in [9.17, 15) is 9.59 Å². The number of carbonyl (C=O) groups excluding carboxylic acids is 1. The van der Waals surface area contributed by atoms with Gasteiger partial charge in [-0.05, 0) is 6.92 Å². The predicted octanol–water partition coefficient (Wildman–Crippen LogP) is -1.12. The third-order valence-electron chi connectivity index (χ3n) is 2.77. The molecular weight excluding hydrogens is 250 g/mol. The second kappa shape index (κ2) is 6.86. The fourth-order valence-electron chi connectivity index (χ4n) is 1.50. The van der Waals surface area contributed by atoms with E-state index in [4.69, 9.17) is 10.6 Å². The number of nitrogens with zero attached hydrogens (tertiary/aromatic N) is 3. The molecule has 0 aliphatic rings. The van der Waals surface area contributed by atoms with Gasteiger partial charge in [-0.2, -0.15) is 5.10 Å². The van der Waals surface area contributed by atoms with Crippen molar-refractivity contribution in [2.45, 2.75) is 13.0 Å². The van der Waals surface area contributed by atoms with Gasteiger partial charge in [0, 0.05) is 26.8 Å². The molecule has 1 amide bonds. The first-order chi connectivity index (χ1) is 9.01. The van der Waals surface area contributed by atoms with Gasteiger partial charge in [0.05, 0.1) is 18.5 Å². The zero-order valence-electron chi connectivity index (χ0n) is 11.3. The Balaban J connectivity index is 2.91. The molecule has 3 N–H and O–H groups in total. The summed E-state index contributed by atoms with van der Waals surface area (Å²) in [4.78, 5) is 25.1. The summed E-state index contributed by atoms with van der Waals surface area (Å²) < 4.78 is 6.04. The summed E-state index contributed by atoms with van der Waals surface area (Å²) in [5.74, 6) is 4.55. The first-order valence-electron chi connectivity index (χ1n) is 5.80. The number of methoxy groups -OCH3 is 1. The zero-order valence-corrected chi connectivity index (χ0v) is 11.3. The summed E-state index contributed by atoms with van der Waals surface area (Å²) in [5.41, 5.74) is 2.29. The molecule has 106 valence electrons. The van der Waals surface area contributed by atoms with Crippen LogP contribution in [0.3, 0.4) is 0 Å². The number of ether oxygens (including phenoxy) is 1. The van der Waals surface area contributed by atoms with Crippen LogP contribution in [0.1, 0.15) is 13.0 Å². The van der Waals surface area contributed by atoms with E-state index in [0.29, 0.717) is 18.8 Å². The molecule has 8 nitrogen and oxygen atoms in total. The highest BCUT2D eigenvalue weighted by Gasteiger charge is 2.16. The van der Waals surface area contributed by atoms with Crippen LogP contribution in [0.4, 0.5) is 5.69 Å². The van der Waals surface area contributed by atoms with E-state index >= 15 is 0 Å². The van der Waals surface area contributed by atoms with Crippen LogP contribution in [0.5, 0.6) is 0 Å². The first-order valence-corrected chi connectivity index (χ1v) is 5.80. The number of nitrogens with two attached hydrogens (primary N) is 1. The topological polar surface area (TPSA) is 102 Å². The van der Waals surface area contributed by atoms with E-state index in [2.05, 4.69) is 5.10 Å². The van der Waals surface area contributed by atoms with Gasteiger partial charge in [-0.3, -0.25) is 15.0 Å². The Morgan fingerprint density at radius 3 is 2.89 bits per heavy atom. The molecule has 0 saturated heterocycles. The Hall–Kier alpha value is -1.93. The van der Waals surface area contributed by atoms with Crippen LogP contribution in [-0.2, 0) is 9.53 Å². The number of anilines is 1. The number of rotatable bonds is 6. The van der Waals surface area contributed by atoms with Crippen molar-refractivity contribution in [3.05, 3.63) is 22.6 Å². The number of hydrazine groups is 1. The van der Waals surface area contributed by atoms with Crippen molar-refractivity contribution in [3.63, 3.8) is 0 Å². The fraction of sp³-hybridized carbons (Fsp3) is 0.545. The lowest BCUT2D eigenvalue weighted by atomic mass is 10.3. The number of likely N-dealkylation sites (N-methyl/N-ethyl adjacent to an activating group) is 1. The van der Waals surface area contributed by atoms with Gasteiger partial charge in [0.15, 0.2) is 0 Å². The standard InChI is InChI=1S/C11H19N5O3/c1-8(11(18)14-12)16-10(17)6-9(7-13-16)15(2)4-5-19-3/h6-8H,4-5,12H2,1-3H3,(H,14,18). The van der Waals surface area contributed by atoms with Gasteiger partial charge in [-0.25, -0.2) is 10.5 Å². The molecule has 0 aromatic carbocycles. The molecule has 0 aliphatic carbocycles. The quantitative estimate of drug-likeness (QED) is 0.385. The third kappa shape index (κ3) is 3.76. The maximum absolute atomic E-state index is 11.9. The molecule has 1 heterocycles. The molecule has 0 saturated carbocycles. The minimum atomic E-state index is -0.754. The van der Waals surface area contributed by atoms with Crippen LogP contribution in [-0.4, -0.2) is 43.0 Å². The van der Waals surface area contributed by atoms with Crippen molar-refractivity contribution in [2.75, 3.05) is 32.2 Å².